The van der Waals surface area contributed by atoms with Crippen LogP contribution in [-0.2, 0) is 0 Å². The summed E-state index contributed by atoms with van der Waals surface area (Å²) in [6.07, 6.45) is 1.38. The Hall–Kier alpha value is -2.27. The Morgan fingerprint density at radius 2 is 2.30 bits per heavy atom. The molecule has 1 aromatic carbocycles. The van der Waals surface area contributed by atoms with E-state index >= 15 is 0 Å². The summed E-state index contributed by atoms with van der Waals surface area (Å²) in [4.78, 5) is 14.0. The molecule has 2 heterocycles. The normalized spacial score (nSPS) is 17.7. The van der Waals surface area contributed by atoms with E-state index in [0.717, 1.165) is 0 Å². The molecule has 0 bridgehead atoms. The van der Waals surface area contributed by atoms with Gasteiger partial charge in [0.2, 0.25) is 0 Å². The number of ether oxygens (including phenoxy) is 1. The quantitative estimate of drug-likeness (QED) is 0.912. The van der Waals surface area contributed by atoms with Gasteiger partial charge in [0.25, 0.3) is 5.91 Å². The maximum absolute atomic E-state index is 12.4. The van der Waals surface area contributed by atoms with Gasteiger partial charge in [0.05, 0.1) is 25.2 Å². The Balaban J connectivity index is 2.00. The van der Waals surface area contributed by atoms with Crippen molar-refractivity contribution in [2.24, 2.45) is 0 Å². The molecule has 1 unspecified atom stereocenters. The van der Waals surface area contributed by atoms with Crippen LogP contribution in [-0.4, -0.2) is 24.7 Å². The topological polar surface area (TPSA) is 62.9 Å². The maximum atomic E-state index is 12.4. The van der Waals surface area contributed by atoms with Crippen LogP contribution in [0.1, 0.15) is 28.6 Å². The molecule has 0 saturated heterocycles. The number of methoxy groups -OCH3 is 1. The first-order chi connectivity index (χ1) is 9.70. The zero-order chi connectivity index (χ0) is 14.1. The van der Waals surface area contributed by atoms with Crippen LogP contribution in [0.15, 0.2) is 41.0 Å². The van der Waals surface area contributed by atoms with Crippen molar-refractivity contribution < 1.29 is 19.1 Å². The van der Waals surface area contributed by atoms with Crippen molar-refractivity contribution in [3.8, 4) is 5.75 Å². The molecule has 1 amide bonds. The van der Waals surface area contributed by atoms with Crippen molar-refractivity contribution in [1.82, 2.24) is 0 Å². The van der Waals surface area contributed by atoms with E-state index in [4.69, 9.17) is 9.15 Å². The molecule has 1 aliphatic rings. The molecule has 0 saturated carbocycles. The summed E-state index contributed by atoms with van der Waals surface area (Å²) in [7, 11) is 1.57. The van der Waals surface area contributed by atoms with Crippen molar-refractivity contribution in [2.75, 3.05) is 18.6 Å². The predicted molar refractivity (Wildman–Crippen MR) is 73.0 cm³/mol. The second-order valence-electron chi connectivity index (χ2n) is 4.66. The van der Waals surface area contributed by atoms with E-state index in [1.54, 1.807) is 42.3 Å². The van der Waals surface area contributed by atoms with Gasteiger partial charge >= 0.3 is 0 Å². The van der Waals surface area contributed by atoms with E-state index in [1.807, 2.05) is 0 Å². The highest BCUT2D eigenvalue weighted by Crippen LogP contribution is 2.36. The summed E-state index contributed by atoms with van der Waals surface area (Å²) in [5.74, 6) is 0.756. The minimum atomic E-state index is -0.583. The summed E-state index contributed by atoms with van der Waals surface area (Å²) >= 11 is 0. The minimum absolute atomic E-state index is 0.201. The Bertz CT molecular complexity index is 621. The first kappa shape index (κ1) is 12.7. The number of nitrogens with zero attached hydrogens (tertiary/aromatic N) is 1. The number of amides is 1. The van der Waals surface area contributed by atoms with Crippen molar-refractivity contribution in [3.63, 3.8) is 0 Å². The van der Waals surface area contributed by atoms with Crippen LogP contribution in [0.4, 0.5) is 5.69 Å². The standard InChI is InChI=1S/C15H15NO4/c1-19-10-4-5-12-11(9-10)13(17)6-7-16(12)15(18)14-3-2-8-20-14/h2-5,8-9,13,17H,6-7H2,1H3. The number of carbonyl (C=O) groups excluding carboxylic acids is 1. The van der Waals surface area contributed by atoms with Crippen LogP contribution in [0.3, 0.4) is 0 Å². The van der Waals surface area contributed by atoms with Gasteiger partial charge in [-0.25, -0.2) is 0 Å². The van der Waals surface area contributed by atoms with Crippen molar-refractivity contribution in [1.29, 1.82) is 0 Å². The van der Waals surface area contributed by atoms with E-state index in [1.165, 1.54) is 6.26 Å². The highest BCUT2D eigenvalue weighted by Gasteiger charge is 2.29. The van der Waals surface area contributed by atoms with E-state index in [0.29, 0.717) is 35.7 Å². The fourth-order valence-electron chi connectivity index (χ4n) is 2.44. The highest BCUT2D eigenvalue weighted by atomic mass is 16.5. The average molecular weight is 273 g/mol. The number of hydrogen-bond donors (Lipinski definition) is 1. The minimum Gasteiger partial charge on any atom is -0.497 e. The Morgan fingerprint density at radius 3 is 3.00 bits per heavy atom. The van der Waals surface area contributed by atoms with E-state index in [-0.39, 0.29) is 5.91 Å². The lowest BCUT2D eigenvalue weighted by molar-refractivity contribution is 0.0944. The van der Waals surface area contributed by atoms with Crippen LogP contribution in [0, 0.1) is 0 Å². The molecule has 20 heavy (non-hydrogen) atoms. The Kier molecular flexibility index (Phi) is 3.20. The number of carbonyl (C=O) groups is 1. The number of benzene rings is 1. The molecule has 0 fully saturated rings. The summed E-state index contributed by atoms with van der Waals surface area (Å²) in [5.41, 5.74) is 1.40. The van der Waals surface area contributed by atoms with Gasteiger partial charge in [-0.15, -0.1) is 0 Å². The molecule has 0 spiro atoms. The number of anilines is 1. The smallest absolute Gasteiger partial charge is 0.293 e. The van der Waals surface area contributed by atoms with E-state index in [9.17, 15) is 9.90 Å². The molecule has 5 heteroatoms. The monoisotopic (exact) mass is 273 g/mol. The molecule has 0 radical (unpaired) electrons. The van der Waals surface area contributed by atoms with Crippen LogP contribution < -0.4 is 9.64 Å². The lowest BCUT2D eigenvalue weighted by Gasteiger charge is -2.31. The zero-order valence-electron chi connectivity index (χ0n) is 11.1. The van der Waals surface area contributed by atoms with Gasteiger partial charge in [-0.2, -0.15) is 0 Å². The lowest BCUT2D eigenvalue weighted by atomic mass is 9.98. The lowest BCUT2D eigenvalue weighted by Crippen LogP contribution is -2.36. The van der Waals surface area contributed by atoms with Gasteiger partial charge in [0.15, 0.2) is 5.76 Å². The zero-order valence-corrected chi connectivity index (χ0v) is 11.1. The summed E-state index contributed by atoms with van der Waals surface area (Å²) < 4.78 is 10.3. The number of fused-ring (bicyclic) bond motifs is 1. The van der Waals surface area contributed by atoms with Crippen LogP contribution in [0.5, 0.6) is 5.75 Å². The van der Waals surface area contributed by atoms with Crippen LogP contribution in [0.2, 0.25) is 0 Å². The maximum Gasteiger partial charge on any atom is 0.293 e. The highest BCUT2D eigenvalue weighted by molar-refractivity contribution is 6.05. The predicted octanol–water partition coefficient (Wildman–Crippen LogP) is 2.37. The Morgan fingerprint density at radius 1 is 1.45 bits per heavy atom. The molecule has 2 aromatic rings. The fourth-order valence-corrected chi connectivity index (χ4v) is 2.44. The number of rotatable bonds is 2. The Labute approximate surface area is 116 Å². The molecule has 104 valence electrons. The van der Waals surface area contributed by atoms with Crippen LogP contribution in [0.25, 0.3) is 0 Å². The fraction of sp³-hybridized carbons (Fsp3) is 0.267. The molecule has 1 aliphatic heterocycles. The number of hydrogen-bond acceptors (Lipinski definition) is 4. The second kappa shape index (κ2) is 5.02. The van der Waals surface area contributed by atoms with Gasteiger partial charge < -0.3 is 19.2 Å². The third-order valence-electron chi connectivity index (χ3n) is 3.49. The largest absolute Gasteiger partial charge is 0.497 e. The van der Waals surface area contributed by atoms with Gasteiger partial charge in [-0.05, 0) is 36.8 Å². The number of aliphatic hydroxyl groups is 1. The summed E-state index contributed by atoms with van der Waals surface area (Å²) in [6, 6.07) is 8.65. The summed E-state index contributed by atoms with van der Waals surface area (Å²) in [6.45, 7) is 0.458. The van der Waals surface area contributed by atoms with Crippen molar-refractivity contribution in [2.45, 2.75) is 12.5 Å². The van der Waals surface area contributed by atoms with Crippen molar-refractivity contribution >= 4 is 11.6 Å². The molecule has 1 aromatic heterocycles. The first-order valence-electron chi connectivity index (χ1n) is 6.42. The van der Waals surface area contributed by atoms with Crippen LogP contribution >= 0.6 is 0 Å². The molecule has 0 aliphatic carbocycles. The van der Waals surface area contributed by atoms with Gasteiger partial charge in [0.1, 0.15) is 5.75 Å². The summed E-state index contributed by atoms with van der Waals surface area (Å²) in [5, 5.41) is 10.1. The molecule has 1 atom stereocenters. The van der Waals surface area contributed by atoms with E-state index < -0.39 is 6.10 Å². The van der Waals surface area contributed by atoms with Gasteiger partial charge in [-0.3, -0.25) is 4.79 Å². The molecular weight excluding hydrogens is 258 g/mol. The van der Waals surface area contributed by atoms with E-state index in [2.05, 4.69) is 0 Å². The number of aliphatic hydroxyl groups excluding tert-OH is 1. The third kappa shape index (κ3) is 2.06. The average Bonchev–Trinajstić information content (AvgIpc) is 3.01. The molecule has 3 rings (SSSR count). The van der Waals surface area contributed by atoms with Gasteiger partial charge in [0, 0.05) is 12.1 Å². The van der Waals surface area contributed by atoms with Gasteiger partial charge in [-0.1, -0.05) is 0 Å². The van der Waals surface area contributed by atoms with Crippen molar-refractivity contribution in [3.05, 3.63) is 47.9 Å². The molecule has 5 nitrogen and oxygen atoms in total. The SMILES string of the molecule is COc1ccc2c(c1)C(O)CCN2C(=O)c1ccco1. The molecule has 1 N–H and O–H groups in total. The second-order valence-corrected chi connectivity index (χ2v) is 4.66. The number of furan rings is 1. The first-order valence-corrected chi connectivity index (χ1v) is 6.42. The molecular formula is C15H15NO4. The third-order valence-corrected chi connectivity index (χ3v) is 3.49.